The molecule has 1 fully saturated rings. The molecule has 0 aromatic heterocycles. The van der Waals surface area contributed by atoms with E-state index in [1.807, 2.05) is 0 Å². The Morgan fingerprint density at radius 3 is 2.27 bits per heavy atom. The van der Waals surface area contributed by atoms with Crippen molar-refractivity contribution in [2.24, 2.45) is 0 Å². The van der Waals surface area contributed by atoms with Gasteiger partial charge in [0.25, 0.3) is 0 Å². The van der Waals surface area contributed by atoms with E-state index in [0.717, 1.165) is 0 Å². The molecule has 9 nitrogen and oxygen atoms in total. The van der Waals surface area contributed by atoms with E-state index in [2.05, 4.69) is 0 Å². The zero-order valence-corrected chi connectivity index (χ0v) is 20.3. The molecule has 2 aromatic rings. The molecule has 0 radical (unpaired) electrons. The average molecular weight is 498 g/mol. The van der Waals surface area contributed by atoms with E-state index in [1.165, 1.54) is 42.8 Å². The normalized spacial score (nSPS) is 17.6. The first-order chi connectivity index (χ1) is 15.6. The van der Waals surface area contributed by atoms with Gasteiger partial charge >= 0.3 is 5.97 Å². The average Bonchev–Trinajstić information content (AvgIpc) is 3.16. The van der Waals surface area contributed by atoms with Crippen molar-refractivity contribution < 1.29 is 35.8 Å². The van der Waals surface area contributed by atoms with Crippen molar-refractivity contribution in [3.63, 3.8) is 0 Å². The van der Waals surface area contributed by atoms with Gasteiger partial charge in [-0.15, -0.1) is 0 Å². The summed E-state index contributed by atoms with van der Waals surface area (Å²) in [7, 11) is -4.44. The third kappa shape index (κ3) is 5.66. The van der Waals surface area contributed by atoms with Gasteiger partial charge in [-0.3, -0.25) is 0 Å². The number of hydrogen-bond acceptors (Lipinski definition) is 8. The minimum absolute atomic E-state index is 0.0414. The second-order valence-electron chi connectivity index (χ2n) is 7.54. The fraction of sp³-hybridized carbons (Fsp3) is 0.409. The van der Waals surface area contributed by atoms with Crippen molar-refractivity contribution in [1.82, 2.24) is 4.31 Å². The molecular formula is C22H27NO8S2. The number of sulfonamides is 1. The Bertz CT molecular complexity index is 1210. The number of rotatable bonds is 9. The molecular weight excluding hydrogens is 470 g/mol. The van der Waals surface area contributed by atoms with Crippen molar-refractivity contribution in [3.8, 4) is 11.5 Å². The SMILES string of the molecule is CCOC(=O)c1ccc(S(=O)(=O)N(Cc2ccc(OC)c(OC)c2)C2CCS(=O)(=O)C2)cc1. The van der Waals surface area contributed by atoms with E-state index < -0.39 is 31.9 Å². The number of sulfone groups is 1. The van der Waals surface area contributed by atoms with Crippen molar-refractivity contribution in [2.45, 2.75) is 30.8 Å². The number of nitrogens with zero attached hydrogens (tertiary/aromatic N) is 1. The van der Waals surface area contributed by atoms with Crippen LogP contribution in [0.4, 0.5) is 0 Å². The molecule has 1 aliphatic rings. The molecule has 180 valence electrons. The fourth-order valence-corrected chi connectivity index (χ4v) is 7.15. The summed E-state index contributed by atoms with van der Waals surface area (Å²) >= 11 is 0. The zero-order valence-electron chi connectivity index (χ0n) is 18.7. The van der Waals surface area contributed by atoms with Gasteiger partial charge in [-0.2, -0.15) is 4.31 Å². The lowest BCUT2D eigenvalue weighted by atomic mass is 10.1. The molecule has 0 saturated carbocycles. The van der Waals surface area contributed by atoms with Crippen molar-refractivity contribution in [2.75, 3.05) is 32.3 Å². The summed E-state index contributed by atoms with van der Waals surface area (Å²) in [5.41, 5.74) is 0.842. The molecule has 3 rings (SSSR count). The third-order valence-corrected chi connectivity index (χ3v) is 9.04. The van der Waals surface area contributed by atoms with E-state index in [9.17, 15) is 21.6 Å². The molecule has 33 heavy (non-hydrogen) atoms. The number of benzene rings is 2. The molecule has 2 aromatic carbocycles. The Morgan fingerprint density at radius 2 is 1.73 bits per heavy atom. The number of carbonyl (C=O) groups excluding carboxylic acids is 1. The molecule has 0 spiro atoms. The highest BCUT2D eigenvalue weighted by Crippen LogP contribution is 2.31. The maximum absolute atomic E-state index is 13.6. The van der Waals surface area contributed by atoms with Gasteiger partial charge in [-0.05, 0) is 55.3 Å². The predicted molar refractivity (Wildman–Crippen MR) is 122 cm³/mol. The van der Waals surface area contributed by atoms with Crippen LogP contribution < -0.4 is 9.47 Å². The number of ether oxygens (including phenoxy) is 3. The van der Waals surface area contributed by atoms with Crippen LogP contribution in [0.2, 0.25) is 0 Å². The maximum atomic E-state index is 13.6. The quantitative estimate of drug-likeness (QED) is 0.485. The summed E-state index contributed by atoms with van der Waals surface area (Å²) in [5.74, 6) is 0.0575. The largest absolute Gasteiger partial charge is 0.493 e. The molecule has 1 atom stereocenters. The van der Waals surface area contributed by atoms with E-state index in [-0.39, 0.29) is 41.5 Å². The minimum Gasteiger partial charge on any atom is -0.493 e. The van der Waals surface area contributed by atoms with Crippen LogP contribution in [0.3, 0.4) is 0 Å². The van der Waals surface area contributed by atoms with E-state index >= 15 is 0 Å². The van der Waals surface area contributed by atoms with Gasteiger partial charge < -0.3 is 14.2 Å². The van der Waals surface area contributed by atoms with Gasteiger partial charge in [0.2, 0.25) is 10.0 Å². The van der Waals surface area contributed by atoms with E-state index in [1.54, 1.807) is 25.1 Å². The second kappa shape index (κ2) is 10.1. The van der Waals surface area contributed by atoms with Gasteiger partial charge in [0.15, 0.2) is 21.3 Å². The van der Waals surface area contributed by atoms with Gasteiger partial charge in [-0.25, -0.2) is 21.6 Å². The molecule has 11 heteroatoms. The van der Waals surface area contributed by atoms with E-state index in [4.69, 9.17) is 14.2 Å². The second-order valence-corrected chi connectivity index (χ2v) is 11.7. The standard InChI is InChI=1S/C22H27NO8S2/c1-4-31-22(24)17-6-8-19(9-7-17)33(27,28)23(18-11-12-32(25,26)15-18)14-16-5-10-20(29-2)21(13-16)30-3/h5-10,13,18H,4,11-12,14-15H2,1-3H3. The van der Waals surface area contributed by atoms with E-state index in [0.29, 0.717) is 17.1 Å². The summed E-state index contributed by atoms with van der Waals surface area (Å²) < 4.78 is 68.1. The van der Waals surface area contributed by atoms with Crippen molar-refractivity contribution in [1.29, 1.82) is 0 Å². The van der Waals surface area contributed by atoms with Crippen molar-refractivity contribution in [3.05, 3.63) is 53.6 Å². The highest BCUT2D eigenvalue weighted by molar-refractivity contribution is 7.92. The first-order valence-electron chi connectivity index (χ1n) is 10.3. The van der Waals surface area contributed by atoms with Crippen LogP contribution in [0.1, 0.15) is 29.3 Å². The molecule has 1 heterocycles. The Morgan fingerprint density at radius 1 is 1.06 bits per heavy atom. The number of hydrogen-bond donors (Lipinski definition) is 0. The molecule has 0 aliphatic carbocycles. The maximum Gasteiger partial charge on any atom is 0.338 e. The number of esters is 1. The Balaban J connectivity index is 1.98. The van der Waals surface area contributed by atoms with Crippen LogP contribution in [0.15, 0.2) is 47.4 Å². The monoisotopic (exact) mass is 497 g/mol. The number of carbonyl (C=O) groups is 1. The fourth-order valence-electron chi connectivity index (χ4n) is 3.68. The topological polar surface area (TPSA) is 116 Å². The summed E-state index contributed by atoms with van der Waals surface area (Å²) in [6, 6.07) is 9.73. The highest BCUT2D eigenvalue weighted by atomic mass is 32.2. The summed E-state index contributed by atoms with van der Waals surface area (Å²) in [6.45, 7) is 1.83. The summed E-state index contributed by atoms with van der Waals surface area (Å²) in [4.78, 5) is 11.9. The van der Waals surface area contributed by atoms with Crippen LogP contribution in [0, 0.1) is 0 Å². The van der Waals surface area contributed by atoms with Crippen molar-refractivity contribution >= 4 is 25.8 Å². The first-order valence-corrected chi connectivity index (χ1v) is 13.6. The lowest BCUT2D eigenvalue weighted by Crippen LogP contribution is -2.40. The van der Waals surface area contributed by atoms with Gasteiger partial charge in [-0.1, -0.05) is 6.07 Å². The Labute approximate surface area is 194 Å². The number of methoxy groups -OCH3 is 2. The van der Waals surface area contributed by atoms with Crippen LogP contribution in [-0.2, 0) is 31.1 Å². The Kier molecular flexibility index (Phi) is 7.65. The smallest absolute Gasteiger partial charge is 0.338 e. The minimum atomic E-state index is -4.08. The van der Waals surface area contributed by atoms with Gasteiger partial charge in [0.05, 0.1) is 42.8 Å². The summed E-state index contributed by atoms with van der Waals surface area (Å²) in [6.07, 6.45) is 0.204. The zero-order chi connectivity index (χ0) is 24.2. The lowest BCUT2D eigenvalue weighted by molar-refractivity contribution is 0.0526. The van der Waals surface area contributed by atoms with Crippen LogP contribution in [0.25, 0.3) is 0 Å². The highest BCUT2D eigenvalue weighted by Gasteiger charge is 2.39. The lowest BCUT2D eigenvalue weighted by Gasteiger charge is -2.28. The molecule has 0 bridgehead atoms. The molecule has 1 unspecified atom stereocenters. The van der Waals surface area contributed by atoms with Crippen LogP contribution in [0.5, 0.6) is 11.5 Å². The van der Waals surface area contributed by atoms with Gasteiger partial charge in [0.1, 0.15) is 0 Å². The molecule has 1 saturated heterocycles. The molecule has 0 amide bonds. The van der Waals surface area contributed by atoms with Crippen LogP contribution in [-0.4, -0.2) is 65.5 Å². The van der Waals surface area contributed by atoms with Crippen LogP contribution >= 0.6 is 0 Å². The molecule has 0 N–H and O–H groups in total. The van der Waals surface area contributed by atoms with Gasteiger partial charge in [0, 0.05) is 12.6 Å². The predicted octanol–water partition coefficient (Wildman–Crippen LogP) is 2.26. The summed E-state index contributed by atoms with van der Waals surface area (Å²) in [5, 5.41) is 0. The molecule has 1 aliphatic heterocycles. The first kappa shape index (κ1) is 25.0. The Hall–Kier alpha value is -2.63. The third-order valence-electron chi connectivity index (χ3n) is 5.37.